The predicted molar refractivity (Wildman–Crippen MR) is 145 cm³/mol. The molecule has 0 bridgehead atoms. The Kier molecular flexibility index (Phi) is 9.84. The lowest BCUT2D eigenvalue weighted by Crippen LogP contribution is -2.51. The molecule has 2 aromatic rings. The maximum Gasteiger partial charge on any atom is 0.244 e. The molecule has 38 heavy (non-hydrogen) atoms. The van der Waals surface area contributed by atoms with Crippen LogP contribution in [0, 0.1) is 5.92 Å². The summed E-state index contributed by atoms with van der Waals surface area (Å²) in [6.45, 7) is 7.95. The lowest BCUT2D eigenvalue weighted by atomic mass is 10.1. The number of ether oxygens (including phenoxy) is 3. The van der Waals surface area contributed by atoms with E-state index in [1.807, 2.05) is 13.8 Å². The number of hydrogen-bond acceptors (Lipinski definition) is 7. The molecule has 208 valence electrons. The van der Waals surface area contributed by atoms with Crippen molar-refractivity contribution in [2.75, 3.05) is 43.5 Å². The van der Waals surface area contributed by atoms with Crippen molar-refractivity contribution in [2.45, 2.75) is 40.3 Å². The minimum Gasteiger partial charge on any atom is -0.497 e. The van der Waals surface area contributed by atoms with Crippen molar-refractivity contribution in [1.29, 1.82) is 0 Å². The molecule has 1 atom stereocenters. The average molecular weight is 548 g/mol. The quantitative estimate of drug-likeness (QED) is 0.435. The number of amides is 2. The molecule has 0 saturated carbocycles. The number of carbonyl (C=O) groups excluding carboxylic acids is 2. The highest BCUT2D eigenvalue weighted by Crippen LogP contribution is 2.35. The molecule has 3 rings (SSSR count). The van der Waals surface area contributed by atoms with Crippen LogP contribution in [0.1, 0.15) is 33.3 Å². The summed E-state index contributed by atoms with van der Waals surface area (Å²) in [6, 6.07) is 11.1. The van der Waals surface area contributed by atoms with E-state index in [4.69, 9.17) is 14.2 Å². The standard InChI is InChI=1S/C27H37N3O7S/c1-6-38(33,34)30(22-9-12-24-25(15-22)37-14-13-36-24)18-26(31)29(20(4)27(32)28-16-19(2)3)17-21-7-10-23(35-5)11-8-21/h7-12,15,19-20H,6,13-14,16-18H2,1-5H3,(H,28,32)/t20-/m1/s1. The van der Waals surface area contributed by atoms with Crippen LogP contribution in [0.15, 0.2) is 42.5 Å². The van der Waals surface area contributed by atoms with Gasteiger partial charge in [0.15, 0.2) is 11.5 Å². The smallest absolute Gasteiger partial charge is 0.244 e. The number of carbonyl (C=O) groups is 2. The van der Waals surface area contributed by atoms with Gasteiger partial charge in [-0.2, -0.15) is 0 Å². The molecule has 0 radical (unpaired) electrons. The fraction of sp³-hybridized carbons (Fsp3) is 0.481. The monoisotopic (exact) mass is 547 g/mol. The largest absolute Gasteiger partial charge is 0.497 e. The molecule has 0 aliphatic carbocycles. The van der Waals surface area contributed by atoms with E-state index in [-0.39, 0.29) is 29.8 Å². The highest BCUT2D eigenvalue weighted by molar-refractivity contribution is 7.92. The summed E-state index contributed by atoms with van der Waals surface area (Å²) in [7, 11) is -2.28. The summed E-state index contributed by atoms with van der Waals surface area (Å²) in [6.07, 6.45) is 0. The molecule has 0 aromatic heterocycles. The SMILES string of the molecule is CCS(=O)(=O)N(CC(=O)N(Cc1ccc(OC)cc1)[C@H](C)C(=O)NCC(C)C)c1ccc2c(c1)OCCO2. The van der Waals surface area contributed by atoms with E-state index in [2.05, 4.69) is 5.32 Å². The van der Waals surface area contributed by atoms with Crippen LogP contribution < -0.4 is 23.8 Å². The number of anilines is 1. The van der Waals surface area contributed by atoms with Gasteiger partial charge in [-0.05, 0) is 49.6 Å². The van der Waals surface area contributed by atoms with Crippen molar-refractivity contribution in [1.82, 2.24) is 10.2 Å². The Morgan fingerprint density at radius 2 is 1.68 bits per heavy atom. The van der Waals surface area contributed by atoms with E-state index in [0.29, 0.717) is 37.0 Å². The summed E-state index contributed by atoms with van der Waals surface area (Å²) < 4.78 is 43.7. The van der Waals surface area contributed by atoms with Crippen LogP contribution >= 0.6 is 0 Å². The van der Waals surface area contributed by atoms with Gasteiger partial charge in [0.1, 0.15) is 31.5 Å². The van der Waals surface area contributed by atoms with E-state index < -0.39 is 28.5 Å². The van der Waals surface area contributed by atoms with Crippen LogP contribution in [0.4, 0.5) is 5.69 Å². The molecular weight excluding hydrogens is 510 g/mol. The van der Waals surface area contributed by atoms with Gasteiger partial charge in [0, 0.05) is 19.2 Å². The Morgan fingerprint density at radius 3 is 2.29 bits per heavy atom. The molecular formula is C27H37N3O7S. The van der Waals surface area contributed by atoms with E-state index in [0.717, 1.165) is 9.87 Å². The molecule has 0 saturated heterocycles. The first-order valence-corrected chi connectivity index (χ1v) is 14.3. The zero-order chi connectivity index (χ0) is 27.9. The number of nitrogens with one attached hydrogen (secondary N) is 1. The Balaban J connectivity index is 1.92. The van der Waals surface area contributed by atoms with Gasteiger partial charge in [0.25, 0.3) is 0 Å². The number of benzene rings is 2. The van der Waals surface area contributed by atoms with Gasteiger partial charge in [-0.25, -0.2) is 8.42 Å². The fourth-order valence-electron chi connectivity index (χ4n) is 3.87. The minimum atomic E-state index is -3.85. The third-order valence-corrected chi connectivity index (χ3v) is 7.90. The Labute approximate surface area is 224 Å². The first-order chi connectivity index (χ1) is 18.1. The second-order valence-electron chi connectivity index (χ2n) is 9.42. The Bertz CT molecular complexity index is 1220. The van der Waals surface area contributed by atoms with Crippen molar-refractivity contribution in [3.05, 3.63) is 48.0 Å². The van der Waals surface area contributed by atoms with Crippen molar-refractivity contribution >= 4 is 27.5 Å². The average Bonchev–Trinajstić information content (AvgIpc) is 2.92. The van der Waals surface area contributed by atoms with E-state index in [1.54, 1.807) is 56.5 Å². The van der Waals surface area contributed by atoms with Gasteiger partial charge in [0.2, 0.25) is 21.8 Å². The van der Waals surface area contributed by atoms with Gasteiger partial charge in [-0.1, -0.05) is 26.0 Å². The van der Waals surface area contributed by atoms with Crippen LogP contribution in [-0.4, -0.2) is 70.3 Å². The van der Waals surface area contributed by atoms with E-state index >= 15 is 0 Å². The second-order valence-corrected chi connectivity index (χ2v) is 11.6. The molecule has 10 nitrogen and oxygen atoms in total. The van der Waals surface area contributed by atoms with Crippen molar-refractivity contribution < 1.29 is 32.2 Å². The van der Waals surface area contributed by atoms with Crippen molar-refractivity contribution in [3.63, 3.8) is 0 Å². The van der Waals surface area contributed by atoms with Gasteiger partial charge in [-0.15, -0.1) is 0 Å². The zero-order valence-electron chi connectivity index (χ0n) is 22.6. The van der Waals surface area contributed by atoms with Crippen LogP contribution in [0.25, 0.3) is 0 Å². The first kappa shape index (κ1) is 29.1. The van der Waals surface area contributed by atoms with Crippen molar-refractivity contribution in [3.8, 4) is 17.2 Å². The molecule has 2 amide bonds. The molecule has 0 unspecified atom stereocenters. The lowest BCUT2D eigenvalue weighted by molar-refractivity contribution is -0.139. The van der Waals surface area contributed by atoms with Gasteiger partial charge < -0.3 is 24.4 Å². The molecule has 0 fully saturated rings. The fourth-order valence-corrected chi connectivity index (χ4v) is 4.92. The predicted octanol–water partition coefficient (Wildman–Crippen LogP) is 2.81. The topological polar surface area (TPSA) is 114 Å². The normalized spacial score (nSPS) is 13.5. The van der Waals surface area contributed by atoms with Crippen LogP contribution in [0.3, 0.4) is 0 Å². The summed E-state index contributed by atoms with van der Waals surface area (Å²) in [5.41, 5.74) is 1.05. The molecule has 2 aromatic carbocycles. The third kappa shape index (κ3) is 7.31. The maximum atomic E-state index is 13.7. The van der Waals surface area contributed by atoms with Crippen LogP contribution in [0.2, 0.25) is 0 Å². The Hall–Kier alpha value is -3.47. The highest BCUT2D eigenvalue weighted by atomic mass is 32.2. The molecule has 1 heterocycles. The van der Waals surface area contributed by atoms with E-state index in [9.17, 15) is 18.0 Å². The molecule has 1 aliphatic rings. The summed E-state index contributed by atoms with van der Waals surface area (Å²) in [5, 5.41) is 2.87. The molecule has 11 heteroatoms. The molecule has 0 spiro atoms. The first-order valence-electron chi connectivity index (χ1n) is 12.7. The van der Waals surface area contributed by atoms with Gasteiger partial charge in [0.05, 0.1) is 18.6 Å². The number of sulfonamides is 1. The summed E-state index contributed by atoms with van der Waals surface area (Å²) in [4.78, 5) is 28.1. The number of hydrogen-bond donors (Lipinski definition) is 1. The maximum absolute atomic E-state index is 13.7. The number of methoxy groups -OCH3 is 1. The van der Waals surface area contributed by atoms with Crippen LogP contribution in [0.5, 0.6) is 17.2 Å². The Morgan fingerprint density at radius 1 is 1.03 bits per heavy atom. The molecule has 1 aliphatic heterocycles. The second kappa shape index (κ2) is 12.9. The summed E-state index contributed by atoms with van der Waals surface area (Å²) >= 11 is 0. The lowest BCUT2D eigenvalue weighted by Gasteiger charge is -2.32. The third-order valence-electron chi connectivity index (χ3n) is 6.16. The number of nitrogens with zero attached hydrogens (tertiary/aromatic N) is 2. The minimum absolute atomic E-state index is 0.111. The van der Waals surface area contributed by atoms with E-state index in [1.165, 1.54) is 11.8 Å². The van der Waals surface area contributed by atoms with Crippen molar-refractivity contribution in [2.24, 2.45) is 5.92 Å². The van der Waals surface area contributed by atoms with Gasteiger partial charge in [-0.3, -0.25) is 13.9 Å². The zero-order valence-corrected chi connectivity index (χ0v) is 23.4. The molecule has 1 N–H and O–H groups in total. The number of fused-ring (bicyclic) bond motifs is 1. The van der Waals surface area contributed by atoms with Crippen LogP contribution in [-0.2, 0) is 26.2 Å². The number of rotatable bonds is 12. The summed E-state index contributed by atoms with van der Waals surface area (Å²) in [5.74, 6) is 0.776. The highest BCUT2D eigenvalue weighted by Gasteiger charge is 2.31. The van der Waals surface area contributed by atoms with Gasteiger partial charge >= 0.3 is 0 Å².